The SMILES string of the molecule is O=C(O)CCOc1ccc(N2CCN(S(=O)(=O)c3ccccc3)CC2)cc1. The standard InChI is InChI=1S/C19H22N2O5S/c22-19(23)10-15-26-17-8-6-16(7-9-17)20-11-13-21(14-12-20)27(24,25)18-4-2-1-3-5-18/h1-9H,10-15H2,(H,22,23). The number of benzene rings is 2. The Labute approximate surface area is 158 Å². The van der Waals surface area contributed by atoms with Crippen molar-refractivity contribution in [1.29, 1.82) is 0 Å². The van der Waals surface area contributed by atoms with Gasteiger partial charge in [-0.15, -0.1) is 0 Å². The summed E-state index contributed by atoms with van der Waals surface area (Å²) < 4.78 is 32.2. The first-order chi connectivity index (χ1) is 13.0. The van der Waals surface area contributed by atoms with Crippen LogP contribution in [0.3, 0.4) is 0 Å². The molecule has 0 radical (unpaired) electrons. The third-order valence-corrected chi connectivity index (χ3v) is 6.32. The molecule has 1 fully saturated rings. The summed E-state index contributed by atoms with van der Waals surface area (Å²) in [5.74, 6) is -0.278. The highest BCUT2D eigenvalue weighted by molar-refractivity contribution is 7.89. The largest absolute Gasteiger partial charge is 0.493 e. The molecule has 2 aromatic rings. The molecule has 0 unspecified atom stereocenters. The molecule has 0 atom stereocenters. The zero-order valence-electron chi connectivity index (χ0n) is 14.8. The van der Waals surface area contributed by atoms with Gasteiger partial charge in [0, 0.05) is 31.9 Å². The molecule has 27 heavy (non-hydrogen) atoms. The second kappa shape index (κ2) is 8.41. The highest BCUT2D eigenvalue weighted by atomic mass is 32.2. The molecule has 0 aliphatic carbocycles. The summed E-state index contributed by atoms with van der Waals surface area (Å²) in [5, 5.41) is 8.62. The Balaban J connectivity index is 1.57. The van der Waals surface area contributed by atoms with Crippen LogP contribution in [0.25, 0.3) is 0 Å². The number of hydrogen-bond donors (Lipinski definition) is 1. The predicted molar refractivity (Wildman–Crippen MR) is 102 cm³/mol. The lowest BCUT2D eigenvalue weighted by Gasteiger charge is -2.35. The average molecular weight is 390 g/mol. The van der Waals surface area contributed by atoms with Crippen molar-refractivity contribution in [3.63, 3.8) is 0 Å². The van der Waals surface area contributed by atoms with E-state index in [9.17, 15) is 13.2 Å². The summed E-state index contributed by atoms with van der Waals surface area (Å²) in [6, 6.07) is 15.9. The zero-order chi connectivity index (χ0) is 19.3. The molecule has 1 aliphatic rings. The predicted octanol–water partition coefficient (Wildman–Crippen LogP) is 2.05. The normalized spacial score (nSPS) is 15.5. The molecule has 8 heteroatoms. The fourth-order valence-corrected chi connectivity index (χ4v) is 4.38. The van der Waals surface area contributed by atoms with Crippen LogP contribution in [-0.4, -0.2) is 56.6 Å². The highest BCUT2D eigenvalue weighted by Crippen LogP contribution is 2.23. The van der Waals surface area contributed by atoms with Gasteiger partial charge in [-0.1, -0.05) is 18.2 Å². The lowest BCUT2D eigenvalue weighted by atomic mass is 10.2. The molecule has 2 aromatic carbocycles. The van der Waals surface area contributed by atoms with Gasteiger partial charge in [0.1, 0.15) is 5.75 Å². The number of carboxylic acids is 1. The van der Waals surface area contributed by atoms with Crippen molar-refractivity contribution in [2.24, 2.45) is 0 Å². The van der Waals surface area contributed by atoms with E-state index in [2.05, 4.69) is 4.90 Å². The van der Waals surface area contributed by atoms with Gasteiger partial charge in [0.15, 0.2) is 0 Å². The Morgan fingerprint density at radius 2 is 1.59 bits per heavy atom. The average Bonchev–Trinajstić information content (AvgIpc) is 2.69. The van der Waals surface area contributed by atoms with Crippen LogP contribution in [0.15, 0.2) is 59.5 Å². The summed E-state index contributed by atoms with van der Waals surface area (Å²) >= 11 is 0. The molecule has 3 rings (SSSR count). The van der Waals surface area contributed by atoms with Crippen molar-refractivity contribution in [1.82, 2.24) is 4.31 Å². The lowest BCUT2D eigenvalue weighted by Crippen LogP contribution is -2.48. The van der Waals surface area contributed by atoms with Crippen LogP contribution in [0.2, 0.25) is 0 Å². The monoisotopic (exact) mass is 390 g/mol. The van der Waals surface area contributed by atoms with Gasteiger partial charge in [0.2, 0.25) is 10.0 Å². The van der Waals surface area contributed by atoms with Gasteiger partial charge in [-0.25, -0.2) is 8.42 Å². The first-order valence-corrected chi connectivity index (χ1v) is 10.2. The van der Waals surface area contributed by atoms with Gasteiger partial charge in [-0.05, 0) is 36.4 Å². The molecule has 144 valence electrons. The van der Waals surface area contributed by atoms with E-state index in [1.165, 1.54) is 4.31 Å². The van der Waals surface area contributed by atoms with Crippen molar-refractivity contribution < 1.29 is 23.1 Å². The minimum Gasteiger partial charge on any atom is -0.493 e. The number of rotatable bonds is 7. The second-order valence-corrected chi connectivity index (χ2v) is 8.13. The molecule has 1 N–H and O–H groups in total. The molecular formula is C19H22N2O5S. The van der Waals surface area contributed by atoms with Gasteiger partial charge < -0.3 is 14.7 Å². The number of nitrogens with zero attached hydrogens (tertiary/aromatic N) is 2. The number of carbonyl (C=O) groups is 1. The van der Waals surface area contributed by atoms with Crippen molar-refractivity contribution in [3.05, 3.63) is 54.6 Å². The summed E-state index contributed by atoms with van der Waals surface area (Å²) in [5.41, 5.74) is 0.984. The molecule has 0 bridgehead atoms. The second-order valence-electron chi connectivity index (χ2n) is 6.19. The summed E-state index contributed by atoms with van der Waals surface area (Å²) in [6.07, 6.45) is -0.0421. The minimum atomic E-state index is -3.45. The number of carboxylic acid groups (broad SMARTS) is 1. The summed E-state index contributed by atoms with van der Waals surface area (Å²) in [6.45, 7) is 2.18. The van der Waals surface area contributed by atoms with Crippen LogP contribution in [0.1, 0.15) is 6.42 Å². The van der Waals surface area contributed by atoms with Crippen molar-refractivity contribution in [2.45, 2.75) is 11.3 Å². The molecule has 0 spiro atoms. The molecular weight excluding hydrogens is 368 g/mol. The third-order valence-electron chi connectivity index (χ3n) is 4.41. The van der Waals surface area contributed by atoms with Crippen LogP contribution < -0.4 is 9.64 Å². The first kappa shape index (κ1) is 19.2. The van der Waals surface area contributed by atoms with Crippen LogP contribution in [0.5, 0.6) is 5.75 Å². The third kappa shape index (κ3) is 4.78. The van der Waals surface area contributed by atoms with Crippen LogP contribution in [-0.2, 0) is 14.8 Å². The number of anilines is 1. The van der Waals surface area contributed by atoms with E-state index in [-0.39, 0.29) is 13.0 Å². The van der Waals surface area contributed by atoms with Gasteiger partial charge in [0.25, 0.3) is 0 Å². The van der Waals surface area contributed by atoms with E-state index in [4.69, 9.17) is 9.84 Å². The molecule has 1 saturated heterocycles. The minimum absolute atomic E-state index is 0.0421. The highest BCUT2D eigenvalue weighted by Gasteiger charge is 2.28. The van der Waals surface area contributed by atoms with Crippen LogP contribution in [0, 0.1) is 0 Å². The molecule has 1 aliphatic heterocycles. The van der Waals surface area contributed by atoms with Gasteiger partial charge in [0.05, 0.1) is 17.9 Å². The van der Waals surface area contributed by atoms with E-state index in [0.717, 1.165) is 5.69 Å². The number of sulfonamides is 1. The van der Waals surface area contributed by atoms with E-state index in [1.54, 1.807) is 42.5 Å². The zero-order valence-corrected chi connectivity index (χ0v) is 15.6. The van der Waals surface area contributed by atoms with E-state index in [0.29, 0.717) is 36.8 Å². The summed E-state index contributed by atoms with van der Waals surface area (Å²) in [7, 11) is -3.45. The molecule has 0 saturated carbocycles. The first-order valence-electron chi connectivity index (χ1n) is 8.71. The van der Waals surface area contributed by atoms with E-state index >= 15 is 0 Å². The van der Waals surface area contributed by atoms with Gasteiger partial charge in [-0.3, -0.25) is 4.79 Å². The summed E-state index contributed by atoms with van der Waals surface area (Å²) in [4.78, 5) is 12.9. The molecule has 0 aromatic heterocycles. The van der Waals surface area contributed by atoms with Crippen molar-refractivity contribution in [2.75, 3.05) is 37.7 Å². The van der Waals surface area contributed by atoms with Gasteiger partial charge in [-0.2, -0.15) is 4.31 Å². The lowest BCUT2D eigenvalue weighted by molar-refractivity contribution is -0.137. The fraction of sp³-hybridized carbons (Fsp3) is 0.316. The smallest absolute Gasteiger partial charge is 0.306 e. The number of ether oxygens (including phenoxy) is 1. The topological polar surface area (TPSA) is 87.2 Å². The number of piperazine rings is 1. The van der Waals surface area contributed by atoms with Crippen molar-refractivity contribution >= 4 is 21.7 Å². The Morgan fingerprint density at radius 1 is 0.963 bits per heavy atom. The maximum Gasteiger partial charge on any atom is 0.306 e. The van der Waals surface area contributed by atoms with Gasteiger partial charge >= 0.3 is 5.97 Å². The van der Waals surface area contributed by atoms with Crippen LogP contribution >= 0.6 is 0 Å². The Bertz CT molecular complexity index is 861. The number of hydrogen-bond acceptors (Lipinski definition) is 5. The maximum absolute atomic E-state index is 12.7. The van der Waals surface area contributed by atoms with E-state index in [1.807, 2.05) is 12.1 Å². The quantitative estimate of drug-likeness (QED) is 0.779. The molecule has 1 heterocycles. The maximum atomic E-state index is 12.7. The fourth-order valence-electron chi connectivity index (χ4n) is 2.94. The van der Waals surface area contributed by atoms with Crippen molar-refractivity contribution in [3.8, 4) is 5.75 Å². The molecule has 0 amide bonds. The number of aliphatic carboxylic acids is 1. The Kier molecular flexibility index (Phi) is 5.98. The van der Waals surface area contributed by atoms with E-state index < -0.39 is 16.0 Å². The Morgan fingerprint density at radius 3 is 2.19 bits per heavy atom. The van der Waals surface area contributed by atoms with Crippen LogP contribution in [0.4, 0.5) is 5.69 Å². The Hall–Kier alpha value is -2.58. The molecule has 7 nitrogen and oxygen atoms in total.